The summed E-state index contributed by atoms with van der Waals surface area (Å²) in [6.07, 6.45) is 2.84. The van der Waals surface area contributed by atoms with Crippen LogP contribution in [0.15, 0.2) is 53.4 Å². The van der Waals surface area contributed by atoms with Crippen LogP contribution in [0.25, 0.3) is 0 Å². The van der Waals surface area contributed by atoms with Gasteiger partial charge < -0.3 is 0 Å². The molecule has 2 aromatic carbocycles. The molecular weight excluding hydrogens is 320 g/mol. The second kappa shape index (κ2) is 6.02. The Morgan fingerprint density at radius 2 is 1.70 bits per heavy atom. The molecule has 122 valence electrons. The molecule has 0 saturated heterocycles. The number of hydrogen-bond donors (Lipinski definition) is 1. The second-order valence-corrected chi connectivity index (χ2v) is 7.67. The van der Waals surface area contributed by atoms with Gasteiger partial charge in [-0.15, -0.1) is 0 Å². The van der Waals surface area contributed by atoms with E-state index in [4.69, 9.17) is 0 Å². The van der Waals surface area contributed by atoms with E-state index in [0.717, 1.165) is 37.0 Å². The van der Waals surface area contributed by atoms with Gasteiger partial charge in [-0.3, -0.25) is 0 Å². The van der Waals surface area contributed by atoms with Gasteiger partial charge >= 0.3 is 0 Å². The van der Waals surface area contributed by atoms with Crippen LogP contribution in [-0.4, -0.2) is 15.0 Å². The molecule has 0 spiro atoms. The topological polar surface area (TPSA) is 46.2 Å². The molecule has 1 fully saturated rings. The predicted molar refractivity (Wildman–Crippen MR) is 83.5 cm³/mol. The lowest BCUT2D eigenvalue weighted by molar-refractivity contribution is 0.245. The molecule has 0 heterocycles. The summed E-state index contributed by atoms with van der Waals surface area (Å²) < 4.78 is 53.4. The maximum Gasteiger partial charge on any atom is 0.240 e. The fourth-order valence-electron chi connectivity index (χ4n) is 2.92. The van der Waals surface area contributed by atoms with Gasteiger partial charge in [0.15, 0.2) is 11.6 Å². The normalized spacial score (nSPS) is 16.8. The third kappa shape index (κ3) is 3.14. The lowest BCUT2D eigenvalue weighted by Gasteiger charge is -2.42. The Hall–Kier alpha value is -1.79. The molecule has 0 unspecified atom stereocenters. The van der Waals surface area contributed by atoms with Gasteiger partial charge in [-0.25, -0.2) is 21.9 Å². The standard InChI is InChI=1S/C17H17F2NO2S/c18-15-8-7-14(11-16(15)19)23(21,22)20-12-17(9-4-10-17)13-5-2-1-3-6-13/h1-3,5-8,11,20H,4,9-10,12H2. The van der Waals surface area contributed by atoms with E-state index in [9.17, 15) is 17.2 Å². The number of hydrogen-bond acceptors (Lipinski definition) is 2. The molecule has 0 atom stereocenters. The van der Waals surface area contributed by atoms with Gasteiger partial charge in [0.05, 0.1) is 4.90 Å². The monoisotopic (exact) mass is 337 g/mol. The van der Waals surface area contributed by atoms with Crippen LogP contribution in [0.3, 0.4) is 0 Å². The highest BCUT2D eigenvalue weighted by molar-refractivity contribution is 7.89. The number of rotatable bonds is 5. The Labute approximate surface area is 134 Å². The first kappa shape index (κ1) is 16.1. The Bertz CT molecular complexity index is 803. The molecule has 3 rings (SSSR count). The quantitative estimate of drug-likeness (QED) is 0.909. The molecular formula is C17H17F2NO2S. The Morgan fingerprint density at radius 1 is 1.00 bits per heavy atom. The first-order valence-corrected chi connectivity index (χ1v) is 8.92. The van der Waals surface area contributed by atoms with Crippen molar-refractivity contribution in [1.29, 1.82) is 0 Å². The zero-order valence-corrected chi connectivity index (χ0v) is 13.2. The fraction of sp³-hybridized carbons (Fsp3) is 0.294. The summed E-state index contributed by atoms with van der Waals surface area (Å²) in [6.45, 7) is 0.248. The maximum atomic E-state index is 13.3. The largest absolute Gasteiger partial charge is 0.240 e. The van der Waals surface area contributed by atoms with Crippen molar-refractivity contribution in [2.75, 3.05) is 6.54 Å². The van der Waals surface area contributed by atoms with E-state index in [1.54, 1.807) is 0 Å². The van der Waals surface area contributed by atoms with Gasteiger partial charge in [-0.05, 0) is 36.6 Å². The zero-order valence-electron chi connectivity index (χ0n) is 12.4. The van der Waals surface area contributed by atoms with E-state index in [-0.39, 0.29) is 16.9 Å². The van der Waals surface area contributed by atoms with Gasteiger partial charge in [0, 0.05) is 12.0 Å². The maximum absolute atomic E-state index is 13.3. The van der Waals surface area contributed by atoms with Gasteiger partial charge in [0.25, 0.3) is 0 Å². The summed E-state index contributed by atoms with van der Waals surface area (Å²) in [6, 6.07) is 12.3. The van der Waals surface area contributed by atoms with Crippen molar-refractivity contribution in [2.45, 2.75) is 29.6 Å². The van der Waals surface area contributed by atoms with Crippen molar-refractivity contribution in [2.24, 2.45) is 0 Å². The molecule has 0 aromatic heterocycles. The summed E-state index contributed by atoms with van der Waals surface area (Å²) in [7, 11) is -3.87. The van der Waals surface area contributed by atoms with Crippen LogP contribution in [0.5, 0.6) is 0 Å². The van der Waals surface area contributed by atoms with E-state index < -0.39 is 21.7 Å². The summed E-state index contributed by atoms with van der Waals surface area (Å²) in [5.74, 6) is -2.24. The highest BCUT2D eigenvalue weighted by atomic mass is 32.2. The smallest absolute Gasteiger partial charge is 0.210 e. The molecule has 1 saturated carbocycles. The van der Waals surface area contributed by atoms with E-state index >= 15 is 0 Å². The first-order chi connectivity index (χ1) is 10.9. The van der Waals surface area contributed by atoms with Crippen LogP contribution in [0.2, 0.25) is 0 Å². The molecule has 1 aliphatic carbocycles. The van der Waals surface area contributed by atoms with E-state index in [0.29, 0.717) is 6.07 Å². The number of sulfonamides is 1. The van der Waals surface area contributed by atoms with Crippen molar-refractivity contribution >= 4 is 10.0 Å². The lowest BCUT2D eigenvalue weighted by atomic mass is 9.64. The van der Waals surface area contributed by atoms with Crippen molar-refractivity contribution in [3.05, 3.63) is 65.7 Å². The summed E-state index contributed by atoms with van der Waals surface area (Å²) >= 11 is 0. The fourth-order valence-corrected chi connectivity index (χ4v) is 4.06. The average Bonchev–Trinajstić information content (AvgIpc) is 2.50. The Morgan fingerprint density at radius 3 is 2.26 bits per heavy atom. The van der Waals surface area contributed by atoms with Crippen LogP contribution in [0.1, 0.15) is 24.8 Å². The molecule has 2 aromatic rings. The summed E-state index contributed by atoms with van der Waals surface area (Å²) in [5.41, 5.74) is 0.881. The second-order valence-electron chi connectivity index (χ2n) is 5.90. The highest BCUT2D eigenvalue weighted by Crippen LogP contribution is 2.43. The van der Waals surface area contributed by atoms with Crippen molar-refractivity contribution in [3.63, 3.8) is 0 Å². The van der Waals surface area contributed by atoms with Crippen molar-refractivity contribution in [1.82, 2.24) is 4.72 Å². The molecule has 0 amide bonds. The van der Waals surface area contributed by atoms with Crippen molar-refractivity contribution in [3.8, 4) is 0 Å². The summed E-state index contributed by atoms with van der Waals surface area (Å²) in [4.78, 5) is -0.265. The molecule has 6 heteroatoms. The third-order valence-corrected chi connectivity index (χ3v) is 5.90. The van der Waals surface area contributed by atoms with Crippen LogP contribution < -0.4 is 4.72 Å². The molecule has 0 aliphatic heterocycles. The Balaban J connectivity index is 1.80. The molecule has 23 heavy (non-hydrogen) atoms. The molecule has 1 aliphatic rings. The minimum atomic E-state index is -3.87. The number of benzene rings is 2. The third-order valence-electron chi connectivity index (χ3n) is 4.50. The molecule has 3 nitrogen and oxygen atoms in total. The predicted octanol–water partition coefficient (Wildman–Crippen LogP) is 3.37. The van der Waals surface area contributed by atoms with Crippen molar-refractivity contribution < 1.29 is 17.2 Å². The minimum Gasteiger partial charge on any atom is -0.210 e. The van der Waals surface area contributed by atoms with Gasteiger partial charge in [0.1, 0.15) is 0 Å². The lowest BCUT2D eigenvalue weighted by Crippen LogP contribution is -2.45. The van der Waals surface area contributed by atoms with Gasteiger partial charge in [-0.1, -0.05) is 36.8 Å². The van der Waals surface area contributed by atoms with Crippen LogP contribution >= 0.6 is 0 Å². The first-order valence-electron chi connectivity index (χ1n) is 7.43. The molecule has 0 radical (unpaired) electrons. The van der Waals surface area contributed by atoms with Crippen LogP contribution in [0.4, 0.5) is 8.78 Å². The minimum absolute atomic E-state index is 0.215. The van der Waals surface area contributed by atoms with Crippen LogP contribution in [-0.2, 0) is 15.4 Å². The number of nitrogens with one attached hydrogen (secondary N) is 1. The van der Waals surface area contributed by atoms with E-state index in [2.05, 4.69) is 4.72 Å². The SMILES string of the molecule is O=S(=O)(NCC1(c2ccccc2)CCC1)c1ccc(F)c(F)c1. The highest BCUT2D eigenvalue weighted by Gasteiger charge is 2.39. The van der Waals surface area contributed by atoms with E-state index in [1.165, 1.54) is 0 Å². The number of halogens is 2. The summed E-state index contributed by atoms with van der Waals surface area (Å²) in [5, 5.41) is 0. The molecule has 0 bridgehead atoms. The molecule has 1 N–H and O–H groups in total. The van der Waals surface area contributed by atoms with E-state index in [1.807, 2.05) is 30.3 Å². The van der Waals surface area contributed by atoms with Crippen LogP contribution in [0, 0.1) is 11.6 Å². The average molecular weight is 337 g/mol. The zero-order chi connectivity index (χ0) is 16.5. The van der Waals surface area contributed by atoms with Gasteiger partial charge in [0.2, 0.25) is 10.0 Å². The Kier molecular flexibility index (Phi) is 4.21. The van der Waals surface area contributed by atoms with Gasteiger partial charge in [-0.2, -0.15) is 0 Å².